The van der Waals surface area contributed by atoms with Gasteiger partial charge in [0.05, 0.1) is 6.54 Å². The molecule has 1 atom stereocenters. The van der Waals surface area contributed by atoms with Crippen LogP contribution in [0.4, 0.5) is 0 Å². The third-order valence-electron chi connectivity index (χ3n) is 6.81. The van der Waals surface area contributed by atoms with Gasteiger partial charge in [0.25, 0.3) is 5.91 Å². The standard InChI is InChI=1S/C29H29N3O2/c1-29(28(34)30-20-23-13-6-3-7-14-23)21-31-25-17-9-8-16-24(25)19-26(31)27(33)32(29)18-10-15-22-11-4-2-5-12-22/h2-9,11-14,16-17,19H,10,15,18,20-21H2,1H3,(H,30,34)/t29-/m1/s1. The molecule has 1 aliphatic heterocycles. The molecule has 0 saturated heterocycles. The predicted molar refractivity (Wildman–Crippen MR) is 134 cm³/mol. The highest BCUT2D eigenvalue weighted by molar-refractivity contribution is 6.03. The lowest BCUT2D eigenvalue weighted by Gasteiger charge is -2.44. The minimum atomic E-state index is -0.989. The number of hydrogen-bond acceptors (Lipinski definition) is 2. The lowest BCUT2D eigenvalue weighted by atomic mass is 9.93. The first kappa shape index (κ1) is 22.0. The Labute approximate surface area is 200 Å². The van der Waals surface area contributed by atoms with Crippen molar-refractivity contribution >= 4 is 22.7 Å². The minimum absolute atomic E-state index is 0.0899. The van der Waals surface area contributed by atoms with E-state index in [1.165, 1.54) is 5.56 Å². The van der Waals surface area contributed by atoms with Crippen LogP contribution in [0.5, 0.6) is 0 Å². The van der Waals surface area contributed by atoms with Crippen LogP contribution in [-0.2, 0) is 24.3 Å². The number of carbonyl (C=O) groups excluding carboxylic acids is 2. The Bertz CT molecular complexity index is 1310. The number of nitrogens with one attached hydrogen (secondary N) is 1. The summed E-state index contributed by atoms with van der Waals surface area (Å²) in [5.41, 5.74) is 2.91. The van der Waals surface area contributed by atoms with Crippen molar-refractivity contribution in [2.45, 2.75) is 38.4 Å². The molecule has 1 aromatic heterocycles. The van der Waals surface area contributed by atoms with Gasteiger partial charge in [-0.15, -0.1) is 0 Å². The number of aromatic nitrogens is 1. The summed E-state index contributed by atoms with van der Waals surface area (Å²) in [6.45, 7) is 3.27. The molecule has 3 aromatic carbocycles. The molecule has 1 aliphatic rings. The van der Waals surface area contributed by atoms with E-state index >= 15 is 0 Å². The number of hydrogen-bond donors (Lipinski definition) is 1. The van der Waals surface area contributed by atoms with Crippen LogP contribution in [0.2, 0.25) is 0 Å². The van der Waals surface area contributed by atoms with Crippen LogP contribution in [0.1, 0.15) is 35.0 Å². The van der Waals surface area contributed by atoms with E-state index in [0.29, 0.717) is 25.3 Å². The Hall–Kier alpha value is -3.86. The van der Waals surface area contributed by atoms with Gasteiger partial charge in [-0.3, -0.25) is 9.59 Å². The number of nitrogens with zero attached hydrogens (tertiary/aromatic N) is 2. The van der Waals surface area contributed by atoms with Crippen LogP contribution in [0.3, 0.4) is 0 Å². The molecule has 5 nitrogen and oxygen atoms in total. The number of rotatable bonds is 7. The number of fused-ring (bicyclic) bond motifs is 3. The van der Waals surface area contributed by atoms with Gasteiger partial charge < -0.3 is 14.8 Å². The van der Waals surface area contributed by atoms with Crippen LogP contribution >= 0.6 is 0 Å². The first-order chi connectivity index (χ1) is 16.6. The van der Waals surface area contributed by atoms with Crippen molar-refractivity contribution in [1.29, 1.82) is 0 Å². The second kappa shape index (κ2) is 9.18. The summed E-state index contributed by atoms with van der Waals surface area (Å²) in [5.74, 6) is -0.222. The molecule has 2 heterocycles. The van der Waals surface area contributed by atoms with E-state index in [0.717, 1.165) is 29.3 Å². The monoisotopic (exact) mass is 451 g/mol. The van der Waals surface area contributed by atoms with Crippen LogP contribution in [0.15, 0.2) is 91.0 Å². The van der Waals surface area contributed by atoms with Crippen LogP contribution in [0, 0.1) is 0 Å². The summed E-state index contributed by atoms with van der Waals surface area (Å²) >= 11 is 0. The van der Waals surface area contributed by atoms with E-state index in [1.807, 2.05) is 90.4 Å². The molecule has 0 bridgehead atoms. The second-order valence-electron chi connectivity index (χ2n) is 9.16. The molecular weight excluding hydrogens is 422 g/mol. The van der Waals surface area contributed by atoms with E-state index in [2.05, 4.69) is 17.4 Å². The van der Waals surface area contributed by atoms with Gasteiger partial charge in [-0.25, -0.2) is 0 Å². The molecule has 5 rings (SSSR count). The van der Waals surface area contributed by atoms with Gasteiger partial charge in [-0.2, -0.15) is 0 Å². The molecule has 34 heavy (non-hydrogen) atoms. The highest BCUT2D eigenvalue weighted by Crippen LogP contribution is 2.32. The van der Waals surface area contributed by atoms with Crippen molar-refractivity contribution in [3.05, 3.63) is 108 Å². The second-order valence-corrected chi connectivity index (χ2v) is 9.16. The number of carbonyl (C=O) groups is 2. The average molecular weight is 452 g/mol. The molecule has 0 fully saturated rings. The molecule has 4 aromatic rings. The Balaban J connectivity index is 1.43. The van der Waals surface area contributed by atoms with E-state index in [4.69, 9.17) is 0 Å². The predicted octanol–water partition coefficient (Wildman–Crippen LogP) is 4.81. The number of aryl methyl sites for hydroxylation is 1. The maximum absolute atomic E-state index is 13.7. The third-order valence-corrected chi connectivity index (χ3v) is 6.81. The minimum Gasteiger partial charge on any atom is -0.350 e. The van der Waals surface area contributed by atoms with Crippen molar-refractivity contribution in [2.24, 2.45) is 0 Å². The molecule has 0 spiro atoms. The summed E-state index contributed by atoms with van der Waals surface area (Å²) in [7, 11) is 0. The van der Waals surface area contributed by atoms with Gasteiger partial charge in [-0.05, 0) is 43.0 Å². The van der Waals surface area contributed by atoms with Gasteiger partial charge in [0.15, 0.2) is 0 Å². The fourth-order valence-corrected chi connectivity index (χ4v) is 4.91. The van der Waals surface area contributed by atoms with Gasteiger partial charge in [0, 0.05) is 24.0 Å². The number of para-hydroxylation sites is 1. The lowest BCUT2D eigenvalue weighted by Crippen LogP contribution is -2.64. The van der Waals surface area contributed by atoms with E-state index in [1.54, 1.807) is 4.90 Å². The molecule has 5 heteroatoms. The van der Waals surface area contributed by atoms with E-state index < -0.39 is 5.54 Å². The van der Waals surface area contributed by atoms with Gasteiger partial charge >= 0.3 is 0 Å². The highest BCUT2D eigenvalue weighted by Gasteiger charge is 2.47. The summed E-state index contributed by atoms with van der Waals surface area (Å²) < 4.78 is 2.01. The van der Waals surface area contributed by atoms with Crippen molar-refractivity contribution in [2.75, 3.05) is 6.54 Å². The van der Waals surface area contributed by atoms with Crippen LogP contribution < -0.4 is 5.32 Å². The topological polar surface area (TPSA) is 54.3 Å². The van der Waals surface area contributed by atoms with Crippen LogP contribution in [0.25, 0.3) is 10.9 Å². The highest BCUT2D eigenvalue weighted by atomic mass is 16.2. The average Bonchev–Trinajstić information content (AvgIpc) is 3.24. The summed E-state index contributed by atoms with van der Waals surface area (Å²) in [6.07, 6.45) is 1.65. The normalized spacial score (nSPS) is 17.6. The zero-order valence-electron chi connectivity index (χ0n) is 19.4. The Morgan fingerprint density at radius 1 is 0.912 bits per heavy atom. The third kappa shape index (κ3) is 4.10. The SMILES string of the molecule is C[C@]1(C(=O)NCc2ccccc2)Cn2c(cc3ccccc32)C(=O)N1CCCc1ccccc1. The number of amides is 2. The van der Waals surface area contributed by atoms with E-state index in [-0.39, 0.29) is 11.8 Å². The fraction of sp³-hybridized carbons (Fsp3) is 0.241. The van der Waals surface area contributed by atoms with Crippen molar-refractivity contribution in [1.82, 2.24) is 14.8 Å². The number of benzene rings is 3. The molecule has 0 aliphatic carbocycles. The Morgan fingerprint density at radius 2 is 1.56 bits per heavy atom. The zero-order valence-corrected chi connectivity index (χ0v) is 19.4. The van der Waals surface area contributed by atoms with Crippen molar-refractivity contribution < 1.29 is 9.59 Å². The maximum Gasteiger partial charge on any atom is 0.271 e. The van der Waals surface area contributed by atoms with Crippen molar-refractivity contribution in [3.63, 3.8) is 0 Å². The smallest absolute Gasteiger partial charge is 0.271 e. The quantitative estimate of drug-likeness (QED) is 0.439. The maximum atomic E-state index is 13.7. The molecule has 0 unspecified atom stereocenters. The lowest BCUT2D eigenvalue weighted by molar-refractivity contribution is -0.133. The summed E-state index contributed by atoms with van der Waals surface area (Å²) in [4.78, 5) is 29.2. The first-order valence-electron chi connectivity index (χ1n) is 11.8. The Morgan fingerprint density at radius 3 is 2.29 bits per heavy atom. The first-order valence-corrected chi connectivity index (χ1v) is 11.8. The van der Waals surface area contributed by atoms with E-state index in [9.17, 15) is 9.59 Å². The summed E-state index contributed by atoms with van der Waals surface area (Å²) in [6, 6.07) is 30.0. The van der Waals surface area contributed by atoms with Crippen molar-refractivity contribution in [3.8, 4) is 0 Å². The molecular formula is C29H29N3O2. The van der Waals surface area contributed by atoms with Gasteiger partial charge in [0.2, 0.25) is 5.91 Å². The van der Waals surface area contributed by atoms with Gasteiger partial charge in [-0.1, -0.05) is 78.9 Å². The molecule has 172 valence electrons. The molecule has 0 saturated carbocycles. The molecule has 2 amide bonds. The van der Waals surface area contributed by atoms with Gasteiger partial charge in [0.1, 0.15) is 11.2 Å². The molecule has 1 N–H and O–H groups in total. The molecule has 0 radical (unpaired) electrons. The van der Waals surface area contributed by atoms with Crippen LogP contribution in [-0.4, -0.2) is 33.4 Å². The zero-order chi connectivity index (χ0) is 23.5. The summed E-state index contributed by atoms with van der Waals surface area (Å²) in [5, 5.41) is 4.11. The fourth-order valence-electron chi connectivity index (χ4n) is 4.91. The largest absolute Gasteiger partial charge is 0.350 e. The Kier molecular flexibility index (Phi) is 5.93.